The zero-order valence-electron chi connectivity index (χ0n) is 11.2. The van der Waals surface area contributed by atoms with Gasteiger partial charge in [-0.05, 0) is 19.1 Å². The topological polar surface area (TPSA) is 105 Å². The molecule has 8 heteroatoms. The van der Waals surface area contributed by atoms with Crippen LogP contribution in [0.2, 0.25) is 0 Å². The number of ketones is 1. The Bertz CT molecular complexity index is 656. The fourth-order valence-corrected chi connectivity index (χ4v) is 2.12. The van der Waals surface area contributed by atoms with Crippen molar-refractivity contribution in [3.63, 3.8) is 0 Å². The average molecular weight is 307 g/mol. The molecule has 21 heavy (non-hydrogen) atoms. The fraction of sp³-hybridized carbons (Fsp3) is 0.231. The van der Waals surface area contributed by atoms with E-state index in [1.165, 1.54) is 18.7 Å². The number of ether oxygens (including phenoxy) is 1. The number of thioether (sulfide) groups is 1. The minimum Gasteiger partial charge on any atom is -0.481 e. The van der Waals surface area contributed by atoms with E-state index in [-0.39, 0.29) is 5.78 Å². The van der Waals surface area contributed by atoms with Gasteiger partial charge < -0.3 is 9.84 Å². The molecule has 0 aliphatic carbocycles. The van der Waals surface area contributed by atoms with E-state index in [9.17, 15) is 9.59 Å². The van der Waals surface area contributed by atoms with E-state index in [2.05, 4.69) is 15.2 Å². The first kappa shape index (κ1) is 15.0. The van der Waals surface area contributed by atoms with Crippen molar-refractivity contribution in [3.05, 3.63) is 24.3 Å². The van der Waals surface area contributed by atoms with Crippen LogP contribution in [0.4, 0.5) is 0 Å². The van der Waals surface area contributed by atoms with E-state index >= 15 is 0 Å². The molecule has 0 saturated heterocycles. The summed E-state index contributed by atoms with van der Waals surface area (Å²) in [6.45, 7) is 1.06. The molecule has 2 N–H and O–H groups in total. The zero-order chi connectivity index (χ0) is 15.2. The number of carbonyl (C=O) groups is 2. The van der Waals surface area contributed by atoms with Gasteiger partial charge in [-0.25, -0.2) is 9.78 Å². The van der Waals surface area contributed by atoms with E-state index < -0.39 is 12.6 Å². The molecule has 0 fully saturated rings. The highest BCUT2D eigenvalue weighted by Gasteiger charge is 2.12. The summed E-state index contributed by atoms with van der Waals surface area (Å²) in [5.74, 6) is 0.145. The quantitative estimate of drug-likeness (QED) is 0.749. The number of hydrogen-bond donors (Lipinski definition) is 2. The molecule has 2 rings (SSSR count). The van der Waals surface area contributed by atoms with E-state index in [0.717, 1.165) is 0 Å². The van der Waals surface area contributed by atoms with Crippen molar-refractivity contribution >= 4 is 23.5 Å². The molecule has 7 nitrogen and oxygen atoms in total. The molecule has 1 aromatic heterocycles. The number of aromatic nitrogens is 3. The van der Waals surface area contributed by atoms with Crippen LogP contribution < -0.4 is 4.74 Å². The molecule has 2 aromatic rings. The highest BCUT2D eigenvalue weighted by atomic mass is 32.2. The Morgan fingerprint density at radius 2 is 2.14 bits per heavy atom. The van der Waals surface area contributed by atoms with E-state index in [0.29, 0.717) is 28.0 Å². The molecule has 110 valence electrons. The summed E-state index contributed by atoms with van der Waals surface area (Å²) in [4.78, 5) is 25.8. The molecule has 0 amide bonds. The van der Waals surface area contributed by atoms with Crippen LogP contribution in [-0.2, 0) is 9.59 Å². The highest BCUT2D eigenvalue weighted by molar-refractivity contribution is 7.99. The van der Waals surface area contributed by atoms with Gasteiger partial charge >= 0.3 is 5.97 Å². The van der Waals surface area contributed by atoms with Crippen LogP contribution in [0, 0.1) is 0 Å². The number of carboxylic acid groups (broad SMARTS) is 1. The molecule has 0 bridgehead atoms. The molecular formula is C13H13N3O4S. The van der Waals surface area contributed by atoms with Crippen LogP contribution in [0.25, 0.3) is 11.4 Å². The minimum absolute atomic E-state index is 0.0385. The Morgan fingerprint density at radius 3 is 2.86 bits per heavy atom. The second-order valence-corrected chi connectivity index (χ2v) is 5.08. The molecule has 0 aliphatic heterocycles. The third kappa shape index (κ3) is 4.32. The van der Waals surface area contributed by atoms with Crippen LogP contribution in [0.15, 0.2) is 29.4 Å². The minimum atomic E-state index is -1.06. The first-order valence-electron chi connectivity index (χ1n) is 6.05. The largest absolute Gasteiger partial charge is 0.481 e. The molecule has 1 aromatic carbocycles. The van der Waals surface area contributed by atoms with Crippen LogP contribution >= 0.6 is 11.8 Å². The maximum absolute atomic E-state index is 10.9. The van der Waals surface area contributed by atoms with Gasteiger partial charge in [0.1, 0.15) is 11.5 Å². The van der Waals surface area contributed by atoms with Crippen molar-refractivity contribution in [2.45, 2.75) is 12.1 Å². The third-order valence-corrected chi connectivity index (χ3v) is 3.35. The van der Waals surface area contributed by atoms with Crippen molar-refractivity contribution in [1.82, 2.24) is 15.2 Å². The monoisotopic (exact) mass is 307 g/mol. The summed E-state index contributed by atoms with van der Waals surface area (Å²) in [6, 6.07) is 6.93. The molecule has 0 unspecified atom stereocenters. The Kier molecular flexibility index (Phi) is 4.94. The van der Waals surface area contributed by atoms with Crippen molar-refractivity contribution in [2.75, 3.05) is 12.4 Å². The third-order valence-electron chi connectivity index (χ3n) is 2.36. The second kappa shape index (κ2) is 6.89. The van der Waals surface area contributed by atoms with Gasteiger partial charge in [0.05, 0.1) is 11.3 Å². The van der Waals surface area contributed by atoms with Gasteiger partial charge in [-0.3, -0.25) is 9.89 Å². The first-order valence-corrected chi connectivity index (χ1v) is 7.03. The summed E-state index contributed by atoms with van der Waals surface area (Å²) in [5, 5.41) is 15.9. The summed E-state index contributed by atoms with van der Waals surface area (Å²) < 4.78 is 5.21. The molecule has 1 heterocycles. The standard InChI is InChI=1S/C13H13N3O4S/c1-8(17)7-21-13-14-12(15-16-13)9-4-2-3-5-10(9)20-6-11(18)19/h2-5H,6-7H2,1H3,(H,18,19)(H,14,15,16). The van der Waals surface area contributed by atoms with E-state index in [1.54, 1.807) is 24.3 Å². The summed E-state index contributed by atoms with van der Waals surface area (Å²) in [7, 11) is 0. The van der Waals surface area contributed by atoms with E-state index in [4.69, 9.17) is 9.84 Å². The van der Waals surface area contributed by atoms with Gasteiger partial charge in [-0.15, -0.1) is 5.10 Å². The number of carboxylic acids is 1. The highest BCUT2D eigenvalue weighted by Crippen LogP contribution is 2.28. The number of nitrogens with one attached hydrogen (secondary N) is 1. The van der Waals surface area contributed by atoms with Crippen molar-refractivity contribution in [3.8, 4) is 17.1 Å². The lowest BCUT2D eigenvalue weighted by molar-refractivity contribution is -0.139. The molecule has 0 spiro atoms. The Labute approximate surface area is 124 Å². The lowest BCUT2D eigenvalue weighted by atomic mass is 10.2. The number of Topliss-reactive ketones (excluding diaryl/α,β-unsaturated/α-hetero) is 1. The zero-order valence-corrected chi connectivity index (χ0v) is 12.0. The first-order chi connectivity index (χ1) is 10.1. The number of aromatic amines is 1. The number of nitrogens with zero attached hydrogens (tertiary/aromatic N) is 2. The van der Waals surface area contributed by atoms with Gasteiger partial charge in [0.25, 0.3) is 0 Å². The van der Waals surface area contributed by atoms with Crippen molar-refractivity contribution in [1.29, 1.82) is 0 Å². The predicted molar refractivity (Wildman–Crippen MR) is 76.4 cm³/mol. The lowest BCUT2D eigenvalue weighted by Crippen LogP contribution is -2.10. The normalized spacial score (nSPS) is 10.3. The SMILES string of the molecule is CC(=O)CSc1n[nH]c(-c2ccccc2OCC(=O)O)n1. The number of benzene rings is 1. The van der Waals surface area contributed by atoms with Crippen LogP contribution in [-0.4, -0.2) is 44.4 Å². The number of rotatable bonds is 7. The predicted octanol–water partition coefficient (Wildman–Crippen LogP) is 1.62. The van der Waals surface area contributed by atoms with Gasteiger partial charge in [0.2, 0.25) is 5.16 Å². The number of carbonyl (C=O) groups excluding carboxylic acids is 1. The van der Waals surface area contributed by atoms with Gasteiger partial charge in [0.15, 0.2) is 12.4 Å². The van der Waals surface area contributed by atoms with Crippen molar-refractivity contribution < 1.29 is 19.4 Å². The Morgan fingerprint density at radius 1 is 1.38 bits per heavy atom. The average Bonchev–Trinajstić information content (AvgIpc) is 2.92. The molecule has 0 saturated carbocycles. The maximum atomic E-state index is 10.9. The number of hydrogen-bond acceptors (Lipinski definition) is 6. The van der Waals surface area contributed by atoms with Gasteiger partial charge in [-0.1, -0.05) is 23.9 Å². The van der Waals surface area contributed by atoms with Crippen molar-refractivity contribution in [2.24, 2.45) is 0 Å². The number of H-pyrrole nitrogens is 1. The second-order valence-electron chi connectivity index (χ2n) is 4.14. The molecular weight excluding hydrogens is 294 g/mol. The summed E-state index contributed by atoms with van der Waals surface area (Å²) >= 11 is 1.23. The number of para-hydroxylation sites is 1. The van der Waals surface area contributed by atoms with Crippen LogP contribution in [0.5, 0.6) is 5.75 Å². The molecule has 0 atom stereocenters. The van der Waals surface area contributed by atoms with E-state index in [1.807, 2.05) is 0 Å². The molecule has 0 aliphatic rings. The van der Waals surface area contributed by atoms with Gasteiger partial charge in [-0.2, -0.15) is 0 Å². The Hall–Kier alpha value is -2.35. The number of aliphatic carboxylic acids is 1. The van der Waals surface area contributed by atoms with Gasteiger partial charge in [0, 0.05) is 0 Å². The lowest BCUT2D eigenvalue weighted by Gasteiger charge is -2.07. The Balaban J connectivity index is 2.17. The summed E-state index contributed by atoms with van der Waals surface area (Å²) in [6.07, 6.45) is 0. The fourth-order valence-electron chi connectivity index (χ4n) is 1.53. The summed E-state index contributed by atoms with van der Waals surface area (Å²) in [5.41, 5.74) is 0.612. The smallest absolute Gasteiger partial charge is 0.341 e. The molecule has 0 radical (unpaired) electrons. The van der Waals surface area contributed by atoms with Crippen LogP contribution in [0.3, 0.4) is 0 Å². The maximum Gasteiger partial charge on any atom is 0.341 e. The van der Waals surface area contributed by atoms with Crippen LogP contribution in [0.1, 0.15) is 6.92 Å².